The number of anilines is 1. The molecule has 7 nitrogen and oxygen atoms in total. The van der Waals surface area contributed by atoms with Crippen molar-refractivity contribution >= 4 is 34.4 Å². The first-order valence-electron chi connectivity index (χ1n) is 11.0. The summed E-state index contributed by atoms with van der Waals surface area (Å²) in [5.41, 5.74) is 2.73. The Morgan fingerprint density at radius 1 is 1.12 bits per heavy atom. The molecule has 32 heavy (non-hydrogen) atoms. The summed E-state index contributed by atoms with van der Waals surface area (Å²) in [7, 11) is 0. The van der Waals surface area contributed by atoms with E-state index in [0.29, 0.717) is 36.7 Å². The van der Waals surface area contributed by atoms with Crippen molar-refractivity contribution in [2.75, 3.05) is 18.0 Å². The number of imide groups is 1. The highest BCUT2D eigenvalue weighted by atomic mass is 16.2. The number of para-hydroxylation sites is 1. The number of carbonyl (C=O) groups is 3. The molecule has 0 aliphatic carbocycles. The van der Waals surface area contributed by atoms with E-state index < -0.39 is 5.54 Å². The molecular weight excluding hydrogens is 404 g/mol. The van der Waals surface area contributed by atoms with Gasteiger partial charge in [-0.25, -0.2) is 9.69 Å². The molecule has 164 valence electrons. The van der Waals surface area contributed by atoms with Crippen molar-refractivity contribution < 1.29 is 14.4 Å². The van der Waals surface area contributed by atoms with E-state index in [1.54, 1.807) is 29.2 Å². The van der Waals surface area contributed by atoms with Crippen LogP contribution >= 0.6 is 0 Å². The maximum Gasteiger partial charge on any atom is 0.332 e. The summed E-state index contributed by atoms with van der Waals surface area (Å²) < 4.78 is 0. The van der Waals surface area contributed by atoms with Crippen LogP contribution in [0.15, 0.2) is 48.5 Å². The Morgan fingerprint density at radius 3 is 2.56 bits per heavy atom. The molecular formula is C25H26N4O3. The van der Waals surface area contributed by atoms with E-state index in [2.05, 4.69) is 10.3 Å². The van der Waals surface area contributed by atoms with Crippen LogP contribution in [0.1, 0.15) is 42.4 Å². The molecule has 1 unspecified atom stereocenters. The number of fused-ring (bicyclic) bond motifs is 5. The third-order valence-electron chi connectivity index (χ3n) is 6.53. The molecule has 2 aromatic carbocycles. The van der Waals surface area contributed by atoms with Gasteiger partial charge in [0.1, 0.15) is 0 Å². The first kappa shape index (κ1) is 20.3. The van der Waals surface area contributed by atoms with Crippen LogP contribution in [0.25, 0.3) is 10.9 Å². The van der Waals surface area contributed by atoms with E-state index in [0.717, 1.165) is 22.2 Å². The number of aromatic nitrogens is 1. The minimum Gasteiger partial charge on any atom is -0.356 e. The maximum atomic E-state index is 13.7. The Labute approximate surface area is 186 Å². The number of hydrogen-bond acceptors (Lipinski definition) is 3. The molecule has 1 fully saturated rings. The number of urea groups is 1. The molecule has 1 atom stereocenters. The van der Waals surface area contributed by atoms with Gasteiger partial charge in [-0.05, 0) is 55.2 Å². The van der Waals surface area contributed by atoms with Crippen LogP contribution in [0, 0.1) is 5.92 Å². The molecule has 1 aromatic heterocycles. The number of hydrogen-bond donors (Lipinski definition) is 2. The van der Waals surface area contributed by atoms with E-state index in [9.17, 15) is 14.4 Å². The van der Waals surface area contributed by atoms with Crippen LogP contribution in [0.4, 0.5) is 10.5 Å². The van der Waals surface area contributed by atoms with Gasteiger partial charge in [0.25, 0.3) is 11.8 Å². The standard InChI is InChI=1S/C25H26N4O3/c1-15(2)14-26-22(30)16-8-10-17(11-9-16)29-23(31)25(3)21-19(12-13-28(25)24(29)32)18-6-4-5-7-20(18)27-21/h4-11,15,27H,12-14H2,1-3H3,(H,26,30). The van der Waals surface area contributed by atoms with Crippen LogP contribution in [0.2, 0.25) is 0 Å². The molecule has 4 amide bonds. The van der Waals surface area contributed by atoms with E-state index in [1.807, 2.05) is 45.0 Å². The van der Waals surface area contributed by atoms with Crippen LogP contribution in [-0.2, 0) is 16.8 Å². The summed E-state index contributed by atoms with van der Waals surface area (Å²) in [6, 6.07) is 14.3. The lowest BCUT2D eigenvalue weighted by molar-refractivity contribution is -0.125. The lowest BCUT2D eigenvalue weighted by Gasteiger charge is -2.35. The molecule has 0 bridgehead atoms. The van der Waals surface area contributed by atoms with E-state index in [1.165, 1.54) is 4.90 Å². The highest BCUT2D eigenvalue weighted by Gasteiger charge is 2.58. The molecule has 0 radical (unpaired) electrons. The van der Waals surface area contributed by atoms with Crippen molar-refractivity contribution in [3.63, 3.8) is 0 Å². The summed E-state index contributed by atoms with van der Waals surface area (Å²) in [6.07, 6.45) is 0.691. The normalized spacial score (nSPS) is 20.1. The number of nitrogens with one attached hydrogen (secondary N) is 2. The lowest BCUT2D eigenvalue weighted by Crippen LogP contribution is -2.49. The van der Waals surface area contributed by atoms with Gasteiger partial charge in [0.15, 0.2) is 5.54 Å². The number of carbonyl (C=O) groups excluding carboxylic acids is 3. The predicted octanol–water partition coefficient (Wildman–Crippen LogP) is 3.79. The number of nitrogens with zero attached hydrogens (tertiary/aromatic N) is 2. The SMILES string of the molecule is CC(C)CNC(=O)c1ccc(N2C(=O)N3CCc4c([nH]c5ccccc45)C3(C)C2=O)cc1. The molecule has 2 aliphatic rings. The predicted molar refractivity (Wildman–Crippen MR) is 123 cm³/mol. The number of amides is 4. The highest BCUT2D eigenvalue weighted by molar-refractivity contribution is 6.23. The Balaban J connectivity index is 1.48. The van der Waals surface area contributed by atoms with Crippen LogP contribution in [0.5, 0.6) is 0 Å². The molecule has 5 rings (SSSR count). The Kier molecular flexibility index (Phi) is 4.58. The topological polar surface area (TPSA) is 85.5 Å². The first-order valence-corrected chi connectivity index (χ1v) is 11.0. The average Bonchev–Trinajstić information content (AvgIpc) is 3.26. The fourth-order valence-electron chi connectivity index (χ4n) is 4.78. The summed E-state index contributed by atoms with van der Waals surface area (Å²) >= 11 is 0. The van der Waals surface area contributed by atoms with Crippen molar-refractivity contribution in [2.24, 2.45) is 5.92 Å². The largest absolute Gasteiger partial charge is 0.356 e. The zero-order valence-corrected chi connectivity index (χ0v) is 18.4. The van der Waals surface area contributed by atoms with Gasteiger partial charge in [0.2, 0.25) is 0 Å². The molecule has 3 heterocycles. The van der Waals surface area contributed by atoms with E-state index >= 15 is 0 Å². The smallest absolute Gasteiger partial charge is 0.332 e. The van der Waals surface area contributed by atoms with Gasteiger partial charge >= 0.3 is 6.03 Å². The molecule has 0 saturated carbocycles. The summed E-state index contributed by atoms with van der Waals surface area (Å²) in [5.74, 6) is -0.103. The lowest BCUT2D eigenvalue weighted by atomic mass is 9.87. The number of aromatic amines is 1. The minimum atomic E-state index is -1.09. The Bertz CT molecular complexity index is 1240. The second kappa shape index (κ2) is 7.22. The van der Waals surface area contributed by atoms with Gasteiger partial charge < -0.3 is 15.2 Å². The summed E-state index contributed by atoms with van der Waals surface area (Å²) in [4.78, 5) is 45.6. The Morgan fingerprint density at radius 2 is 1.84 bits per heavy atom. The average molecular weight is 431 g/mol. The molecule has 1 saturated heterocycles. The molecule has 2 aliphatic heterocycles. The van der Waals surface area contributed by atoms with Crippen molar-refractivity contribution in [3.05, 3.63) is 65.4 Å². The zero-order valence-electron chi connectivity index (χ0n) is 18.4. The highest BCUT2D eigenvalue weighted by Crippen LogP contribution is 2.45. The summed E-state index contributed by atoms with van der Waals surface area (Å²) in [6.45, 7) is 6.93. The van der Waals surface area contributed by atoms with Gasteiger partial charge in [-0.2, -0.15) is 0 Å². The second-order valence-corrected chi connectivity index (χ2v) is 9.07. The van der Waals surface area contributed by atoms with Crippen LogP contribution < -0.4 is 10.2 Å². The van der Waals surface area contributed by atoms with Gasteiger partial charge in [-0.3, -0.25) is 9.59 Å². The number of rotatable bonds is 4. The van der Waals surface area contributed by atoms with Crippen LogP contribution in [-0.4, -0.2) is 40.8 Å². The minimum absolute atomic E-state index is 0.170. The molecule has 7 heteroatoms. The number of H-pyrrole nitrogens is 1. The number of benzene rings is 2. The van der Waals surface area contributed by atoms with Crippen LogP contribution in [0.3, 0.4) is 0 Å². The third-order valence-corrected chi connectivity index (χ3v) is 6.53. The first-order chi connectivity index (χ1) is 15.3. The monoisotopic (exact) mass is 430 g/mol. The summed E-state index contributed by atoms with van der Waals surface area (Å²) in [5, 5.41) is 3.97. The quantitative estimate of drug-likeness (QED) is 0.618. The van der Waals surface area contributed by atoms with Gasteiger partial charge in [0, 0.05) is 29.6 Å². The molecule has 0 spiro atoms. The van der Waals surface area contributed by atoms with Crippen molar-refractivity contribution in [1.29, 1.82) is 0 Å². The third kappa shape index (κ3) is 2.84. The molecule has 3 aromatic rings. The van der Waals surface area contributed by atoms with Gasteiger partial charge in [0.05, 0.1) is 11.4 Å². The zero-order chi connectivity index (χ0) is 22.6. The fraction of sp³-hybridized carbons (Fsp3) is 0.320. The fourth-order valence-corrected chi connectivity index (χ4v) is 4.78. The second-order valence-electron chi connectivity index (χ2n) is 9.07. The Hall–Kier alpha value is -3.61. The van der Waals surface area contributed by atoms with Gasteiger partial charge in [-0.1, -0.05) is 32.0 Å². The van der Waals surface area contributed by atoms with E-state index in [-0.39, 0.29) is 17.8 Å². The maximum absolute atomic E-state index is 13.7. The molecule has 2 N–H and O–H groups in total. The van der Waals surface area contributed by atoms with Crippen molar-refractivity contribution in [1.82, 2.24) is 15.2 Å². The van der Waals surface area contributed by atoms with Crippen molar-refractivity contribution in [2.45, 2.75) is 32.7 Å². The van der Waals surface area contributed by atoms with Gasteiger partial charge in [-0.15, -0.1) is 0 Å². The van der Waals surface area contributed by atoms with Crippen molar-refractivity contribution in [3.8, 4) is 0 Å². The van der Waals surface area contributed by atoms with E-state index in [4.69, 9.17) is 0 Å².